The molecular weight excluding hydrogens is 449 g/mol. The van der Waals surface area contributed by atoms with E-state index in [0.717, 1.165) is 17.5 Å². The van der Waals surface area contributed by atoms with Crippen molar-refractivity contribution in [1.29, 1.82) is 0 Å². The summed E-state index contributed by atoms with van der Waals surface area (Å²) in [6.07, 6.45) is 2.45. The molecule has 2 amide bonds. The van der Waals surface area contributed by atoms with Gasteiger partial charge in [-0.05, 0) is 43.5 Å². The number of anilines is 1. The van der Waals surface area contributed by atoms with Crippen molar-refractivity contribution >= 4 is 46.4 Å². The van der Waals surface area contributed by atoms with Crippen molar-refractivity contribution in [2.45, 2.75) is 32.6 Å². The lowest BCUT2D eigenvalue weighted by Gasteiger charge is -2.13. The quantitative estimate of drug-likeness (QED) is 0.480. The first-order valence-electron chi connectivity index (χ1n) is 10.2. The fourth-order valence-corrected chi connectivity index (χ4v) is 4.01. The van der Waals surface area contributed by atoms with Crippen LogP contribution in [0.1, 0.15) is 45.8 Å². The molecule has 1 aliphatic rings. The number of nitrogens with one attached hydrogen (secondary N) is 2. The van der Waals surface area contributed by atoms with Crippen LogP contribution < -0.4 is 10.7 Å². The molecule has 1 aliphatic carbocycles. The van der Waals surface area contributed by atoms with Crippen LogP contribution in [-0.4, -0.2) is 17.5 Å². The molecule has 0 saturated heterocycles. The summed E-state index contributed by atoms with van der Waals surface area (Å²) in [5.41, 5.74) is 6.25. The van der Waals surface area contributed by atoms with Gasteiger partial charge in [0, 0.05) is 23.2 Å². The topological polar surface area (TPSA) is 83.7 Å². The van der Waals surface area contributed by atoms with Gasteiger partial charge >= 0.3 is 0 Å². The number of amides is 2. The number of benzene rings is 2. The number of aryl methyl sites for hydroxylation is 1. The van der Waals surface area contributed by atoms with Crippen LogP contribution >= 0.6 is 23.2 Å². The van der Waals surface area contributed by atoms with Crippen molar-refractivity contribution in [1.82, 2.24) is 5.43 Å². The van der Waals surface area contributed by atoms with Crippen molar-refractivity contribution in [3.8, 4) is 0 Å². The van der Waals surface area contributed by atoms with Crippen LogP contribution in [0, 0.1) is 6.92 Å². The third kappa shape index (κ3) is 4.87. The van der Waals surface area contributed by atoms with Gasteiger partial charge in [-0.25, -0.2) is 5.43 Å². The summed E-state index contributed by atoms with van der Waals surface area (Å²) in [6.45, 7) is 1.82. The van der Waals surface area contributed by atoms with E-state index in [1.54, 1.807) is 18.2 Å². The number of halogens is 2. The molecule has 0 bridgehead atoms. The Morgan fingerprint density at radius 2 is 1.84 bits per heavy atom. The number of carbonyl (C=O) groups is 2. The van der Waals surface area contributed by atoms with Gasteiger partial charge in [-0.1, -0.05) is 53.5 Å². The molecule has 0 spiro atoms. The second-order valence-corrected chi connectivity index (χ2v) is 8.36. The van der Waals surface area contributed by atoms with Gasteiger partial charge in [0.1, 0.15) is 5.76 Å². The van der Waals surface area contributed by atoms with Gasteiger partial charge in [-0.15, -0.1) is 0 Å². The highest BCUT2D eigenvalue weighted by molar-refractivity contribution is 6.42. The summed E-state index contributed by atoms with van der Waals surface area (Å²) in [5.74, 6) is 0.327. The van der Waals surface area contributed by atoms with Gasteiger partial charge in [0.05, 0.1) is 22.2 Å². The molecule has 6 nitrogen and oxygen atoms in total. The van der Waals surface area contributed by atoms with E-state index in [-0.39, 0.29) is 24.0 Å². The van der Waals surface area contributed by atoms with Crippen LogP contribution in [0.15, 0.2) is 58.0 Å². The summed E-state index contributed by atoms with van der Waals surface area (Å²) in [4.78, 5) is 25.1. The molecule has 3 aromatic rings. The van der Waals surface area contributed by atoms with E-state index in [4.69, 9.17) is 27.6 Å². The van der Waals surface area contributed by atoms with Gasteiger partial charge in [-0.2, -0.15) is 5.10 Å². The highest BCUT2D eigenvalue weighted by Gasteiger charge is 2.28. The Balaban J connectivity index is 1.51. The maximum absolute atomic E-state index is 12.8. The maximum atomic E-state index is 12.8. The molecule has 0 aliphatic heterocycles. The molecule has 1 aromatic heterocycles. The standard InChI is InChI=1S/C24H21Cl2N3O3/c1-14-22-19(28-29-21(30)12-15-6-3-2-4-7-15)8-5-9-20(22)32-23(14)24(31)27-16-10-11-17(25)18(26)13-16/h2-4,6-7,10-11,13H,5,8-9,12H2,1H3,(H,27,31)(H,29,30)/b28-19+. The fraction of sp³-hybridized carbons (Fsp3) is 0.208. The van der Waals surface area contributed by atoms with Gasteiger partial charge in [-0.3, -0.25) is 9.59 Å². The SMILES string of the molecule is Cc1c(C(=O)Nc2ccc(Cl)c(Cl)c2)oc2c1/C(=N/NC(=O)Cc1ccccc1)CCC2. The summed E-state index contributed by atoms with van der Waals surface area (Å²) < 4.78 is 5.89. The minimum Gasteiger partial charge on any atom is -0.455 e. The van der Waals surface area contributed by atoms with E-state index in [1.807, 2.05) is 37.3 Å². The first kappa shape index (κ1) is 22.1. The van der Waals surface area contributed by atoms with E-state index in [1.165, 1.54) is 0 Å². The first-order valence-corrected chi connectivity index (χ1v) is 11.0. The van der Waals surface area contributed by atoms with Gasteiger partial charge in [0.15, 0.2) is 5.76 Å². The second-order valence-electron chi connectivity index (χ2n) is 7.55. The number of carbonyl (C=O) groups excluding carboxylic acids is 2. The number of hydrogen-bond donors (Lipinski definition) is 2. The third-order valence-corrected chi connectivity index (χ3v) is 5.97. The van der Waals surface area contributed by atoms with E-state index in [9.17, 15) is 9.59 Å². The number of hydrogen-bond acceptors (Lipinski definition) is 4. The molecule has 2 aromatic carbocycles. The largest absolute Gasteiger partial charge is 0.455 e. The predicted molar refractivity (Wildman–Crippen MR) is 126 cm³/mol. The summed E-state index contributed by atoms with van der Waals surface area (Å²) in [6, 6.07) is 14.3. The molecule has 0 fully saturated rings. The Kier molecular flexibility index (Phi) is 6.63. The monoisotopic (exact) mass is 469 g/mol. The number of furan rings is 1. The highest BCUT2D eigenvalue weighted by Crippen LogP contribution is 2.31. The molecule has 2 N–H and O–H groups in total. The maximum Gasteiger partial charge on any atom is 0.291 e. The normalized spacial score (nSPS) is 14.2. The Morgan fingerprint density at radius 3 is 2.59 bits per heavy atom. The smallest absolute Gasteiger partial charge is 0.291 e. The molecule has 0 atom stereocenters. The molecular formula is C24H21Cl2N3O3. The molecule has 4 rings (SSSR count). The van der Waals surface area contributed by atoms with Gasteiger partial charge in [0.25, 0.3) is 5.91 Å². The molecule has 32 heavy (non-hydrogen) atoms. The van der Waals surface area contributed by atoms with Crippen molar-refractivity contribution in [2.75, 3.05) is 5.32 Å². The molecule has 8 heteroatoms. The van der Waals surface area contributed by atoms with E-state index in [2.05, 4.69) is 15.8 Å². The minimum absolute atomic E-state index is 0.199. The zero-order valence-electron chi connectivity index (χ0n) is 17.4. The van der Waals surface area contributed by atoms with Crippen LogP contribution in [0.3, 0.4) is 0 Å². The summed E-state index contributed by atoms with van der Waals surface area (Å²) in [5, 5.41) is 7.89. The van der Waals surface area contributed by atoms with E-state index < -0.39 is 0 Å². The zero-order chi connectivity index (χ0) is 22.7. The van der Waals surface area contributed by atoms with Crippen molar-refractivity contribution in [2.24, 2.45) is 5.10 Å². The molecule has 0 radical (unpaired) electrons. The minimum atomic E-state index is -0.386. The number of fused-ring (bicyclic) bond motifs is 1. The molecule has 0 unspecified atom stereocenters. The lowest BCUT2D eigenvalue weighted by molar-refractivity contribution is -0.120. The molecule has 0 saturated carbocycles. The van der Waals surface area contributed by atoms with Crippen LogP contribution in [0.5, 0.6) is 0 Å². The summed E-state index contributed by atoms with van der Waals surface area (Å²) in [7, 11) is 0. The Labute approximate surface area is 195 Å². The molecule has 164 valence electrons. The van der Waals surface area contributed by atoms with Crippen molar-refractivity contribution in [3.05, 3.63) is 86.8 Å². The number of rotatable bonds is 5. The Hall–Kier alpha value is -3.09. The summed E-state index contributed by atoms with van der Waals surface area (Å²) >= 11 is 12.0. The fourth-order valence-electron chi connectivity index (χ4n) is 3.71. The van der Waals surface area contributed by atoms with Gasteiger partial charge in [0.2, 0.25) is 5.91 Å². The van der Waals surface area contributed by atoms with Crippen LogP contribution in [0.4, 0.5) is 5.69 Å². The highest BCUT2D eigenvalue weighted by atomic mass is 35.5. The van der Waals surface area contributed by atoms with E-state index >= 15 is 0 Å². The third-order valence-electron chi connectivity index (χ3n) is 5.23. The predicted octanol–water partition coefficient (Wildman–Crippen LogP) is 5.55. The van der Waals surface area contributed by atoms with Gasteiger partial charge < -0.3 is 9.73 Å². The lowest BCUT2D eigenvalue weighted by atomic mass is 9.93. The van der Waals surface area contributed by atoms with Crippen LogP contribution in [-0.2, 0) is 17.6 Å². The Bertz CT molecular complexity index is 1200. The van der Waals surface area contributed by atoms with Crippen molar-refractivity contribution < 1.29 is 14.0 Å². The average Bonchev–Trinajstić information content (AvgIpc) is 3.13. The second kappa shape index (κ2) is 9.59. The number of nitrogens with zero attached hydrogens (tertiary/aromatic N) is 1. The lowest BCUT2D eigenvalue weighted by Crippen LogP contribution is -2.23. The first-order chi connectivity index (χ1) is 15.4. The van der Waals surface area contributed by atoms with E-state index in [0.29, 0.717) is 45.6 Å². The van der Waals surface area contributed by atoms with Crippen LogP contribution in [0.2, 0.25) is 10.0 Å². The Morgan fingerprint density at radius 1 is 1.06 bits per heavy atom. The average molecular weight is 470 g/mol. The van der Waals surface area contributed by atoms with Crippen LogP contribution in [0.25, 0.3) is 0 Å². The molecule has 1 heterocycles. The number of hydrazone groups is 1. The zero-order valence-corrected chi connectivity index (χ0v) is 18.9. The van der Waals surface area contributed by atoms with Crippen molar-refractivity contribution in [3.63, 3.8) is 0 Å².